The third kappa shape index (κ3) is 32.5. The van der Waals surface area contributed by atoms with E-state index < -0.39 is 11.9 Å². The molecule has 0 fully saturated rings. The number of aryl methyl sites for hydroxylation is 2. The number of carbonyl (C=O) groups is 3. The molecule has 5 heteroatoms. The standard InChI is InChI=1S/C47H82O5/c48-42-43-39-40-44(35-31-27-23-19-15-11-7-3-1-5-9-13-17-21-25-29-33-37-46(49)50)45(41-43)36-32-28-24-20-16-12-8-4-2-6-10-14-18-22-26-30-34-38-47(51)52/h39-42H,1-38H2,(H,49,50)(H,51,52). The molecule has 0 saturated carbocycles. The summed E-state index contributed by atoms with van der Waals surface area (Å²) in [5.74, 6) is -1.33. The van der Waals surface area contributed by atoms with E-state index in [1.165, 1.54) is 204 Å². The van der Waals surface area contributed by atoms with Gasteiger partial charge < -0.3 is 10.2 Å². The van der Waals surface area contributed by atoms with Crippen molar-refractivity contribution in [2.24, 2.45) is 0 Å². The molecule has 0 radical (unpaired) electrons. The first-order valence-corrected chi connectivity index (χ1v) is 22.5. The molecule has 52 heavy (non-hydrogen) atoms. The zero-order valence-electron chi connectivity index (χ0n) is 33.8. The smallest absolute Gasteiger partial charge is 0.303 e. The van der Waals surface area contributed by atoms with Gasteiger partial charge in [-0.1, -0.05) is 205 Å². The van der Waals surface area contributed by atoms with E-state index in [9.17, 15) is 14.4 Å². The average molecular weight is 727 g/mol. The first kappa shape index (κ1) is 47.9. The number of benzene rings is 1. The molecule has 0 amide bonds. The van der Waals surface area contributed by atoms with E-state index in [4.69, 9.17) is 10.2 Å². The largest absolute Gasteiger partial charge is 0.481 e. The zero-order chi connectivity index (χ0) is 37.6. The van der Waals surface area contributed by atoms with Crippen molar-refractivity contribution in [2.75, 3.05) is 0 Å². The summed E-state index contributed by atoms with van der Waals surface area (Å²) in [6, 6.07) is 6.38. The van der Waals surface area contributed by atoms with Crippen LogP contribution in [-0.4, -0.2) is 28.4 Å². The first-order chi connectivity index (χ1) is 25.5. The van der Waals surface area contributed by atoms with E-state index in [-0.39, 0.29) is 0 Å². The van der Waals surface area contributed by atoms with Gasteiger partial charge in [-0.2, -0.15) is 0 Å². The Kier molecular flexibility index (Phi) is 34.2. The van der Waals surface area contributed by atoms with Gasteiger partial charge in [0, 0.05) is 18.4 Å². The van der Waals surface area contributed by atoms with E-state index in [1.54, 1.807) is 0 Å². The number of unbranched alkanes of at least 4 members (excludes halogenated alkanes) is 32. The molecular weight excluding hydrogens is 645 g/mol. The van der Waals surface area contributed by atoms with Crippen LogP contribution >= 0.6 is 0 Å². The molecule has 0 bridgehead atoms. The highest BCUT2D eigenvalue weighted by molar-refractivity contribution is 5.75. The molecule has 0 saturated heterocycles. The van der Waals surface area contributed by atoms with Crippen LogP contribution in [0.1, 0.15) is 253 Å². The number of carboxylic acids is 2. The van der Waals surface area contributed by atoms with Crippen molar-refractivity contribution in [3.8, 4) is 0 Å². The summed E-state index contributed by atoms with van der Waals surface area (Å²) in [6.07, 6.45) is 47.7. The molecule has 1 rings (SSSR count). The van der Waals surface area contributed by atoms with Crippen molar-refractivity contribution in [1.29, 1.82) is 0 Å². The summed E-state index contributed by atoms with van der Waals surface area (Å²) in [5, 5.41) is 17.4. The van der Waals surface area contributed by atoms with Crippen LogP contribution in [0.4, 0.5) is 0 Å². The van der Waals surface area contributed by atoms with Gasteiger partial charge >= 0.3 is 11.9 Å². The number of rotatable bonds is 41. The molecule has 0 aliphatic heterocycles. The van der Waals surface area contributed by atoms with Gasteiger partial charge in [-0.15, -0.1) is 0 Å². The summed E-state index contributed by atoms with van der Waals surface area (Å²) in [7, 11) is 0. The van der Waals surface area contributed by atoms with E-state index in [0.29, 0.717) is 12.8 Å². The summed E-state index contributed by atoms with van der Waals surface area (Å²) >= 11 is 0. The predicted molar refractivity (Wildman–Crippen MR) is 221 cm³/mol. The topological polar surface area (TPSA) is 91.7 Å². The lowest BCUT2D eigenvalue weighted by Crippen LogP contribution is -1.98. The molecular formula is C47H82O5. The molecule has 0 heterocycles. The molecule has 0 aliphatic carbocycles. The fourth-order valence-electron chi connectivity index (χ4n) is 7.68. The number of aldehydes is 1. The van der Waals surface area contributed by atoms with Crippen LogP contribution in [0.15, 0.2) is 18.2 Å². The fourth-order valence-corrected chi connectivity index (χ4v) is 7.68. The van der Waals surface area contributed by atoms with Gasteiger partial charge in [0.15, 0.2) is 0 Å². The Balaban J connectivity index is 1.94. The van der Waals surface area contributed by atoms with Crippen molar-refractivity contribution in [2.45, 2.75) is 244 Å². The molecule has 5 nitrogen and oxygen atoms in total. The maximum atomic E-state index is 11.5. The Labute approximate surface area is 320 Å². The summed E-state index contributed by atoms with van der Waals surface area (Å²) in [6.45, 7) is 0. The van der Waals surface area contributed by atoms with Crippen molar-refractivity contribution in [1.82, 2.24) is 0 Å². The van der Waals surface area contributed by atoms with E-state index >= 15 is 0 Å². The van der Waals surface area contributed by atoms with Crippen molar-refractivity contribution < 1.29 is 24.6 Å². The molecule has 1 aromatic rings. The SMILES string of the molecule is O=Cc1ccc(CCCCCCCCCCCCCCCCCCCC(=O)O)c(CCCCCCCCCCCCCCCCCCCC(=O)O)c1. The van der Waals surface area contributed by atoms with Crippen LogP contribution in [0.2, 0.25) is 0 Å². The van der Waals surface area contributed by atoms with Crippen molar-refractivity contribution >= 4 is 18.2 Å². The van der Waals surface area contributed by atoms with Crippen molar-refractivity contribution in [3.63, 3.8) is 0 Å². The highest BCUT2D eigenvalue weighted by Gasteiger charge is 2.06. The highest BCUT2D eigenvalue weighted by atomic mass is 16.4. The summed E-state index contributed by atoms with van der Waals surface area (Å²) in [4.78, 5) is 32.5. The fraction of sp³-hybridized carbons (Fsp3) is 0.809. The van der Waals surface area contributed by atoms with Crippen LogP contribution in [0, 0.1) is 0 Å². The Morgan fingerprint density at radius 2 is 0.615 bits per heavy atom. The minimum atomic E-state index is -0.663. The number of carbonyl (C=O) groups excluding carboxylic acids is 1. The third-order valence-corrected chi connectivity index (χ3v) is 11.0. The second kappa shape index (κ2) is 37.2. The number of carboxylic acid groups (broad SMARTS) is 2. The van der Waals surface area contributed by atoms with E-state index in [1.807, 2.05) is 6.07 Å². The maximum Gasteiger partial charge on any atom is 0.303 e. The van der Waals surface area contributed by atoms with Crippen molar-refractivity contribution in [3.05, 3.63) is 34.9 Å². The molecule has 0 aliphatic rings. The van der Waals surface area contributed by atoms with Crippen LogP contribution in [-0.2, 0) is 22.4 Å². The monoisotopic (exact) mass is 727 g/mol. The predicted octanol–water partition coefficient (Wildman–Crippen LogP) is 14.8. The normalized spacial score (nSPS) is 11.3. The second-order valence-corrected chi connectivity index (χ2v) is 16.0. The van der Waals surface area contributed by atoms with Crippen LogP contribution in [0.25, 0.3) is 0 Å². The Bertz CT molecular complexity index is 973. The minimum Gasteiger partial charge on any atom is -0.481 e. The lowest BCUT2D eigenvalue weighted by atomic mass is 9.94. The zero-order valence-corrected chi connectivity index (χ0v) is 33.8. The van der Waals surface area contributed by atoms with Gasteiger partial charge in [0.1, 0.15) is 6.29 Å². The van der Waals surface area contributed by atoms with Crippen LogP contribution in [0.5, 0.6) is 0 Å². The molecule has 2 N–H and O–H groups in total. The Hall–Kier alpha value is -2.17. The number of hydrogen-bond donors (Lipinski definition) is 2. The molecule has 1 aromatic carbocycles. The number of aliphatic carboxylic acids is 2. The second-order valence-electron chi connectivity index (χ2n) is 16.0. The molecule has 0 unspecified atom stereocenters. The van der Waals surface area contributed by atoms with Crippen LogP contribution in [0.3, 0.4) is 0 Å². The highest BCUT2D eigenvalue weighted by Crippen LogP contribution is 2.20. The van der Waals surface area contributed by atoms with Gasteiger partial charge in [0.2, 0.25) is 0 Å². The molecule has 0 atom stereocenters. The lowest BCUT2D eigenvalue weighted by Gasteiger charge is -2.11. The minimum absolute atomic E-state index is 0.327. The van der Waals surface area contributed by atoms with Gasteiger partial charge in [-0.3, -0.25) is 14.4 Å². The van der Waals surface area contributed by atoms with Crippen LogP contribution < -0.4 is 0 Å². The van der Waals surface area contributed by atoms with Gasteiger partial charge in [0.25, 0.3) is 0 Å². The molecule has 0 spiro atoms. The van der Waals surface area contributed by atoms with E-state index in [0.717, 1.165) is 50.4 Å². The molecule has 300 valence electrons. The maximum absolute atomic E-state index is 11.5. The van der Waals surface area contributed by atoms with Gasteiger partial charge in [-0.05, 0) is 55.7 Å². The summed E-state index contributed by atoms with van der Waals surface area (Å²) < 4.78 is 0. The lowest BCUT2D eigenvalue weighted by molar-refractivity contribution is -0.138. The molecule has 0 aromatic heterocycles. The van der Waals surface area contributed by atoms with Gasteiger partial charge in [-0.25, -0.2) is 0 Å². The summed E-state index contributed by atoms with van der Waals surface area (Å²) in [5.41, 5.74) is 3.70. The quantitative estimate of drug-likeness (QED) is 0.0518. The van der Waals surface area contributed by atoms with E-state index in [2.05, 4.69) is 12.1 Å². The average Bonchev–Trinajstić information content (AvgIpc) is 3.13. The van der Waals surface area contributed by atoms with Gasteiger partial charge in [0.05, 0.1) is 0 Å². The third-order valence-electron chi connectivity index (χ3n) is 11.0. The number of hydrogen-bond acceptors (Lipinski definition) is 3. The Morgan fingerprint density at radius 3 is 0.885 bits per heavy atom. The first-order valence-electron chi connectivity index (χ1n) is 22.5. The Morgan fingerprint density at radius 1 is 0.365 bits per heavy atom.